The van der Waals surface area contributed by atoms with Crippen LogP contribution in [0, 0.1) is 0 Å². The Morgan fingerprint density at radius 2 is 1.89 bits per heavy atom. The normalized spacial score (nSPS) is 17.8. The molecule has 1 saturated heterocycles. The van der Waals surface area contributed by atoms with Crippen LogP contribution in [0.1, 0.15) is 82.8 Å². The van der Waals surface area contributed by atoms with Crippen molar-refractivity contribution in [2.75, 3.05) is 31.9 Å². The number of pyridine rings is 1. The van der Waals surface area contributed by atoms with Crippen LogP contribution < -0.4 is 19.9 Å². The smallest absolute Gasteiger partial charge is 0.343 e. The minimum absolute atomic E-state index is 0.0368. The lowest BCUT2D eigenvalue weighted by atomic mass is 9.93. The lowest BCUT2D eigenvalue weighted by Crippen LogP contribution is -2.50. The molecule has 196 valence electrons. The van der Waals surface area contributed by atoms with Crippen LogP contribution >= 0.6 is 0 Å². The quantitative estimate of drug-likeness (QED) is 0.380. The average Bonchev–Trinajstić information content (AvgIpc) is 3.11. The maximum atomic E-state index is 13.1. The van der Waals surface area contributed by atoms with E-state index < -0.39 is 11.6 Å². The Balaban J connectivity index is 1.90. The topological polar surface area (TPSA) is 79.2 Å². The molecule has 0 amide bonds. The van der Waals surface area contributed by atoms with Crippen LogP contribution in [0.2, 0.25) is 0 Å². The average molecular weight is 499 g/mol. The molecule has 0 spiro atoms. The van der Waals surface area contributed by atoms with Gasteiger partial charge in [0.2, 0.25) is 0 Å². The minimum atomic E-state index is -0.603. The Kier molecular flexibility index (Phi) is 7.10. The highest BCUT2D eigenvalue weighted by Crippen LogP contribution is 2.50. The molecule has 1 aromatic heterocycles. The zero-order valence-corrected chi connectivity index (χ0v) is 22.5. The lowest BCUT2D eigenvalue weighted by Gasteiger charge is -2.44. The highest BCUT2D eigenvalue weighted by Gasteiger charge is 2.45. The van der Waals surface area contributed by atoms with E-state index in [0.717, 1.165) is 36.1 Å². The van der Waals surface area contributed by atoms with E-state index in [1.807, 2.05) is 31.5 Å². The van der Waals surface area contributed by atoms with Crippen LogP contribution in [0.5, 0.6) is 11.5 Å². The van der Waals surface area contributed by atoms with Crippen molar-refractivity contribution in [3.05, 3.63) is 45.7 Å². The van der Waals surface area contributed by atoms with Gasteiger partial charge in [0.25, 0.3) is 0 Å². The molecule has 0 bridgehead atoms. The predicted octanol–water partition coefficient (Wildman–Crippen LogP) is 4.85. The number of carbonyl (C=O) groups excluding carboxylic acids is 1. The van der Waals surface area contributed by atoms with Gasteiger partial charge in [0, 0.05) is 38.0 Å². The standard InChI is InChI=1S/C28H38N2O6/c1-8-34-26(32)20-17-29-22(16-23(20)31)19-15-25(36-27(2,3)4)24(35-13-9-12-33-7)14-18(19)21-10-11-28(5,6)30(21)29/h14-17,21H,8-13H2,1-7H3/t21-/m1/s1. The van der Waals surface area contributed by atoms with E-state index in [-0.39, 0.29) is 29.2 Å². The minimum Gasteiger partial charge on any atom is -0.490 e. The molecule has 4 rings (SSSR count). The summed E-state index contributed by atoms with van der Waals surface area (Å²) in [6.45, 7) is 13.4. The van der Waals surface area contributed by atoms with Crippen molar-refractivity contribution in [3.8, 4) is 22.8 Å². The second kappa shape index (κ2) is 9.81. The van der Waals surface area contributed by atoms with Crippen molar-refractivity contribution >= 4 is 5.97 Å². The van der Waals surface area contributed by atoms with Gasteiger partial charge in [-0.3, -0.25) is 14.5 Å². The third kappa shape index (κ3) is 4.96. The van der Waals surface area contributed by atoms with Crippen molar-refractivity contribution in [1.82, 2.24) is 4.68 Å². The zero-order valence-electron chi connectivity index (χ0n) is 22.5. The summed E-state index contributed by atoms with van der Waals surface area (Å²) in [5.41, 5.74) is 1.77. The van der Waals surface area contributed by atoms with Gasteiger partial charge in [-0.05, 0) is 72.1 Å². The van der Waals surface area contributed by atoms with E-state index >= 15 is 0 Å². The second-order valence-electron chi connectivity index (χ2n) is 11.0. The van der Waals surface area contributed by atoms with Crippen molar-refractivity contribution in [1.29, 1.82) is 0 Å². The molecule has 0 aliphatic carbocycles. The first-order chi connectivity index (χ1) is 17.0. The molecule has 2 aliphatic rings. The summed E-state index contributed by atoms with van der Waals surface area (Å²) in [7, 11) is 1.68. The van der Waals surface area contributed by atoms with Crippen LogP contribution in [0.4, 0.5) is 0 Å². The van der Waals surface area contributed by atoms with Gasteiger partial charge in [-0.25, -0.2) is 4.79 Å². The van der Waals surface area contributed by atoms with Crippen LogP contribution in [0.15, 0.2) is 29.2 Å². The number of aromatic nitrogens is 1. The molecule has 2 aliphatic heterocycles. The van der Waals surface area contributed by atoms with E-state index in [0.29, 0.717) is 24.7 Å². The van der Waals surface area contributed by atoms with Gasteiger partial charge >= 0.3 is 5.97 Å². The summed E-state index contributed by atoms with van der Waals surface area (Å²) in [5, 5.41) is 2.27. The number of nitrogens with zero attached hydrogens (tertiary/aromatic N) is 2. The number of carbonyl (C=O) groups is 1. The molecular formula is C28H38N2O6. The number of benzene rings is 1. The molecule has 1 atom stereocenters. The molecule has 0 radical (unpaired) electrons. The Morgan fingerprint density at radius 1 is 1.14 bits per heavy atom. The fraction of sp³-hybridized carbons (Fsp3) is 0.571. The number of fused-ring (bicyclic) bond motifs is 6. The van der Waals surface area contributed by atoms with E-state index in [4.69, 9.17) is 18.9 Å². The second-order valence-corrected chi connectivity index (χ2v) is 11.0. The summed E-state index contributed by atoms with van der Waals surface area (Å²) in [4.78, 5) is 25.6. The Bertz CT molecular complexity index is 1190. The van der Waals surface area contributed by atoms with Gasteiger partial charge in [-0.15, -0.1) is 0 Å². The summed E-state index contributed by atoms with van der Waals surface area (Å²) >= 11 is 0. The molecule has 0 N–H and O–H groups in total. The highest BCUT2D eigenvalue weighted by molar-refractivity contribution is 5.89. The number of rotatable bonds is 8. The van der Waals surface area contributed by atoms with Crippen LogP contribution in [0.25, 0.3) is 11.3 Å². The number of hydrogen-bond donors (Lipinski definition) is 0. The monoisotopic (exact) mass is 498 g/mol. The SMILES string of the molecule is CCOC(=O)c1cn2c(cc1=O)-c1cc(OC(C)(C)C)c(OCCCOC)cc1[C@H]1CCC(C)(C)N12. The van der Waals surface area contributed by atoms with Crippen molar-refractivity contribution < 1.29 is 23.7 Å². The fourth-order valence-corrected chi connectivity index (χ4v) is 5.12. The van der Waals surface area contributed by atoms with Crippen molar-refractivity contribution in [3.63, 3.8) is 0 Å². The highest BCUT2D eigenvalue weighted by atomic mass is 16.5. The fourth-order valence-electron chi connectivity index (χ4n) is 5.12. The van der Waals surface area contributed by atoms with Gasteiger partial charge in [0.1, 0.15) is 11.2 Å². The first kappa shape index (κ1) is 26.1. The zero-order chi connectivity index (χ0) is 26.3. The van der Waals surface area contributed by atoms with E-state index in [9.17, 15) is 9.59 Å². The van der Waals surface area contributed by atoms with Crippen molar-refractivity contribution in [2.45, 2.75) is 78.0 Å². The van der Waals surface area contributed by atoms with E-state index in [2.05, 4.69) is 24.9 Å². The molecule has 1 fully saturated rings. The first-order valence-corrected chi connectivity index (χ1v) is 12.7. The molecule has 3 heterocycles. The largest absolute Gasteiger partial charge is 0.490 e. The summed E-state index contributed by atoms with van der Waals surface area (Å²) in [6, 6.07) is 5.64. The van der Waals surface area contributed by atoms with Gasteiger partial charge in [0.05, 0.1) is 30.5 Å². The summed E-state index contributed by atoms with van der Waals surface area (Å²) in [6.07, 6.45) is 4.29. The number of esters is 1. The Labute approximate surface area is 213 Å². The lowest BCUT2D eigenvalue weighted by molar-refractivity contribution is 0.0523. The van der Waals surface area contributed by atoms with Crippen molar-refractivity contribution in [2.24, 2.45) is 0 Å². The number of methoxy groups -OCH3 is 1. The molecular weight excluding hydrogens is 460 g/mol. The molecule has 1 aromatic carbocycles. The summed E-state index contributed by atoms with van der Waals surface area (Å²) < 4.78 is 24.8. The van der Waals surface area contributed by atoms with E-state index in [1.165, 1.54) is 6.07 Å². The molecule has 8 heteroatoms. The molecule has 36 heavy (non-hydrogen) atoms. The molecule has 8 nitrogen and oxygen atoms in total. The van der Waals surface area contributed by atoms with Crippen LogP contribution in [0.3, 0.4) is 0 Å². The summed E-state index contributed by atoms with van der Waals surface area (Å²) in [5.74, 6) is 0.704. The molecule has 0 saturated carbocycles. The third-order valence-corrected chi connectivity index (χ3v) is 6.62. The maximum Gasteiger partial charge on any atom is 0.343 e. The van der Waals surface area contributed by atoms with Crippen LogP contribution in [-0.4, -0.2) is 48.7 Å². The van der Waals surface area contributed by atoms with E-state index in [1.54, 1.807) is 20.2 Å². The molecule has 0 unspecified atom stereocenters. The van der Waals surface area contributed by atoms with Crippen LogP contribution in [-0.2, 0) is 9.47 Å². The maximum absolute atomic E-state index is 13.1. The van der Waals surface area contributed by atoms with Gasteiger partial charge in [-0.1, -0.05) is 0 Å². The molecule has 2 aromatic rings. The number of ether oxygens (including phenoxy) is 4. The number of hydrogen-bond acceptors (Lipinski definition) is 7. The first-order valence-electron chi connectivity index (χ1n) is 12.7. The van der Waals surface area contributed by atoms with Gasteiger partial charge < -0.3 is 18.9 Å². The van der Waals surface area contributed by atoms with Gasteiger partial charge in [-0.2, -0.15) is 0 Å². The van der Waals surface area contributed by atoms with Gasteiger partial charge in [0.15, 0.2) is 16.9 Å². The predicted molar refractivity (Wildman–Crippen MR) is 139 cm³/mol. The third-order valence-electron chi connectivity index (χ3n) is 6.62. The Hall–Kier alpha value is -3.00. The Morgan fingerprint density at radius 3 is 2.56 bits per heavy atom.